The molecule has 36 heavy (non-hydrogen) atoms. The Morgan fingerprint density at radius 1 is 1.06 bits per heavy atom. The molecular formula is C23H20F3N3O5S2. The van der Waals surface area contributed by atoms with Gasteiger partial charge in [-0.05, 0) is 36.8 Å². The van der Waals surface area contributed by atoms with E-state index in [2.05, 4.69) is 10.5 Å². The van der Waals surface area contributed by atoms with Crippen LogP contribution < -0.4 is 5.43 Å². The van der Waals surface area contributed by atoms with Crippen molar-refractivity contribution in [3.63, 3.8) is 0 Å². The molecule has 8 nitrogen and oxygen atoms in total. The first-order valence-electron chi connectivity index (χ1n) is 10.5. The van der Waals surface area contributed by atoms with Gasteiger partial charge in [-0.25, -0.2) is 5.43 Å². The number of hydrazone groups is 1. The topological polar surface area (TPSA) is 122 Å². The normalized spacial score (nSPS) is 18.5. The SMILES string of the molecule is C/C(=N\NC(=O)c1ccc(C(=O)N2CC(O)C(O)C2)s1)c1csc(-c2ccc(C(F)(F)F)cc2)c1O. The number of halogens is 3. The molecule has 1 fully saturated rings. The number of alkyl halides is 3. The van der Waals surface area contributed by atoms with Crippen LogP contribution in [0.2, 0.25) is 0 Å². The molecule has 0 bridgehead atoms. The summed E-state index contributed by atoms with van der Waals surface area (Å²) in [7, 11) is 0. The van der Waals surface area contributed by atoms with E-state index < -0.39 is 35.8 Å². The van der Waals surface area contributed by atoms with Gasteiger partial charge in [-0.2, -0.15) is 18.3 Å². The monoisotopic (exact) mass is 539 g/mol. The highest BCUT2D eigenvalue weighted by Gasteiger charge is 2.33. The molecule has 2 amide bonds. The van der Waals surface area contributed by atoms with E-state index in [1.165, 1.54) is 29.2 Å². The fraction of sp³-hybridized carbons (Fsp3) is 0.261. The van der Waals surface area contributed by atoms with Crippen LogP contribution in [0.3, 0.4) is 0 Å². The molecule has 3 heterocycles. The molecule has 0 spiro atoms. The average Bonchev–Trinajstić information content (AvgIpc) is 3.55. The van der Waals surface area contributed by atoms with Crippen molar-refractivity contribution in [1.29, 1.82) is 0 Å². The van der Waals surface area contributed by atoms with Crippen LogP contribution in [0, 0.1) is 0 Å². The second kappa shape index (κ2) is 10.0. The molecule has 2 atom stereocenters. The van der Waals surface area contributed by atoms with Gasteiger partial charge in [-0.15, -0.1) is 22.7 Å². The quantitative estimate of drug-likeness (QED) is 0.292. The number of carbonyl (C=O) groups excluding carboxylic acids is 2. The first kappa shape index (κ1) is 25.8. The highest BCUT2D eigenvalue weighted by Crippen LogP contribution is 2.40. The Morgan fingerprint density at radius 3 is 2.28 bits per heavy atom. The fourth-order valence-corrected chi connectivity index (χ4v) is 5.42. The number of carbonyl (C=O) groups is 2. The predicted molar refractivity (Wildman–Crippen MR) is 128 cm³/mol. The zero-order chi connectivity index (χ0) is 26.2. The van der Waals surface area contributed by atoms with E-state index in [0.29, 0.717) is 16.0 Å². The van der Waals surface area contributed by atoms with Crippen molar-refractivity contribution in [1.82, 2.24) is 10.3 Å². The lowest BCUT2D eigenvalue weighted by Crippen LogP contribution is -2.29. The Labute approximate surface area is 210 Å². The molecule has 4 rings (SSSR count). The highest BCUT2D eigenvalue weighted by molar-refractivity contribution is 7.16. The summed E-state index contributed by atoms with van der Waals surface area (Å²) in [6, 6.07) is 7.33. The third-order valence-electron chi connectivity index (χ3n) is 5.54. The number of rotatable bonds is 5. The summed E-state index contributed by atoms with van der Waals surface area (Å²) < 4.78 is 38.4. The molecule has 1 saturated heterocycles. The number of aliphatic hydroxyl groups excluding tert-OH is 2. The number of β-amino-alcohol motifs (C(OH)–C–C–N with tert-alkyl or cyclic N) is 2. The summed E-state index contributed by atoms with van der Waals surface area (Å²) in [5.74, 6) is -1.17. The molecule has 4 N–H and O–H groups in total. The lowest BCUT2D eigenvalue weighted by Gasteiger charge is -2.13. The van der Waals surface area contributed by atoms with Crippen LogP contribution in [-0.2, 0) is 6.18 Å². The van der Waals surface area contributed by atoms with Gasteiger partial charge in [-0.1, -0.05) is 12.1 Å². The minimum absolute atomic E-state index is 0.00150. The number of thiophene rings is 2. The summed E-state index contributed by atoms with van der Waals surface area (Å²) >= 11 is 2.05. The number of nitrogens with zero attached hydrogens (tertiary/aromatic N) is 2. The Morgan fingerprint density at radius 2 is 1.67 bits per heavy atom. The molecule has 0 saturated carbocycles. The van der Waals surface area contributed by atoms with Crippen LogP contribution >= 0.6 is 22.7 Å². The van der Waals surface area contributed by atoms with Crippen LogP contribution in [0.4, 0.5) is 13.2 Å². The van der Waals surface area contributed by atoms with E-state index in [1.807, 2.05) is 0 Å². The Hall–Kier alpha value is -3.26. The van der Waals surface area contributed by atoms with Crippen molar-refractivity contribution in [3.8, 4) is 16.2 Å². The predicted octanol–water partition coefficient (Wildman–Crippen LogP) is 3.53. The maximum atomic E-state index is 12.8. The summed E-state index contributed by atoms with van der Waals surface area (Å²) in [5.41, 5.74) is 2.54. The molecule has 2 unspecified atom stereocenters. The largest absolute Gasteiger partial charge is 0.506 e. The summed E-state index contributed by atoms with van der Waals surface area (Å²) in [6.07, 6.45) is -6.48. The zero-order valence-corrected chi connectivity index (χ0v) is 20.2. The van der Waals surface area contributed by atoms with E-state index in [1.54, 1.807) is 12.3 Å². The van der Waals surface area contributed by atoms with Gasteiger partial charge in [0.25, 0.3) is 11.8 Å². The lowest BCUT2D eigenvalue weighted by atomic mass is 10.1. The molecule has 1 aliphatic rings. The number of likely N-dealkylation sites (tertiary alicyclic amines) is 1. The van der Waals surface area contributed by atoms with E-state index in [-0.39, 0.29) is 34.3 Å². The molecule has 0 radical (unpaired) electrons. The molecule has 1 aromatic carbocycles. The zero-order valence-electron chi connectivity index (χ0n) is 18.6. The van der Waals surface area contributed by atoms with Gasteiger partial charge in [0.05, 0.1) is 43.7 Å². The van der Waals surface area contributed by atoms with E-state index in [4.69, 9.17) is 0 Å². The van der Waals surface area contributed by atoms with Crippen molar-refractivity contribution in [2.75, 3.05) is 13.1 Å². The third-order valence-corrected chi connectivity index (χ3v) is 7.63. The van der Waals surface area contributed by atoms with E-state index >= 15 is 0 Å². The van der Waals surface area contributed by atoms with Gasteiger partial charge in [0.2, 0.25) is 0 Å². The number of aromatic hydroxyl groups is 1. The van der Waals surface area contributed by atoms with Gasteiger partial charge < -0.3 is 20.2 Å². The van der Waals surface area contributed by atoms with E-state index in [0.717, 1.165) is 34.8 Å². The van der Waals surface area contributed by atoms with Crippen LogP contribution in [0.15, 0.2) is 46.9 Å². The minimum Gasteiger partial charge on any atom is -0.506 e. The number of amides is 2. The van der Waals surface area contributed by atoms with Crippen molar-refractivity contribution in [2.24, 2.45) is 5.10 Å². The summed E-state index contributed by atoms with van der Waals surface area (Å²) in [5, 5.41) is 35.4. The molecule has 2 aromatic heterocycles. The molecule has 190 valence electrons. The van der Waals surface area contributed by atoms with E-state index in [9.17, 15) is 38.1 Å². The maximum absolute atomic E-state index is 12.8. The number of aliphatic hydroxyl groups is 2. The van der Waals surface area contributed by atoms with Gasteiger partial charge >= 0.3 is 6.18 Å². The molecule has 0 aliphatic carbocycles. The second-order valence-corrected chi connectivity index (χ2v) is 10.0. The number of hydrogen-bond donors (Lipinski definition) is 4. The summed E-state index contributed by atoms with van der Waals surface area (Å²) in [4.78, 5) is 27.2. The summed E-state index contributed by atoms with van der Waals surface area (Å²) in [6.45, 7) is 1.55. The lowest BCUT2D eigenvalue weighted by molar-refractivity contribution is -0.137. The van der Waals surface area contributed by atoms with Crippen LogP contribution in [-0.4, -0.2) is 63.0 Å². The third kappa shape index (κ3) is 5.28. The van der Waals surface area contributed by atoms with Crippen LogP contribution in [0.1, 0.15) is 37.4 Å². The molecule has 13 heteroatoms. The Kier molecular flexibility index (Phi) is 7.18. The van der Waals surface area contributed by atoms with Crippen molar-refractivity contribution in [3.05, 3.63) is 62.7 Å². The highest BCUT2D eigenvalue weighted by atomic mass is 32.1. The maximum Gasteiger partial charge on any atom is 0.416 e. The van der Waals surface area contributed by atoms with Crippen molar-refractivity contribution in [2.45, 2.75) is 25.3 Å². The van der Waals surface area contributed by atoms with Gasteiger partial charge in [0.1, 0.15) is 5.75 Å². The van der Waals surface area contributed by atoms with Crippen LogP contribution in [0.25, 0.3) is 10.4 Å². The first-order chi connectivity index (χ1) is 17.0. The first-order valence-corrected chi connectivity index (χ1v) is 12.2. The van der Waals surface area contributed by atoms with Gasteiger partial charge in [-0.3, -0.25) is 9.59 Å². The minimum atomic E-state index is -4.46. The molecular weight excluding hydrogens is 519 g/mol. The Balaban J connectivity index is 1.43. The smallest absolute Gasteiger partial charge is 0.416 e. The number of nitrogens with one attached hydrogen (secondary N) is 1. The molecule has 1 aliphatic heterocycles. The van der Waals surface area contributed by atoms with Gasteiger partial charge in [0, 0.05) is 18.5 Å². The average molecular weight is 540 g/mol. The van der Waals surface area contributed by atoms with Crippen LogP contribution in [0.5, 0.6) is 5.75 Å². The molecule has 3 aromatic rings. The number of hydrogen-bond acceptors (Lipinski definition) is 8. The fourth-order valence-electron chi connectivity index (χ4n) is 3.54. The standard InChI is InChI=1S/C23H20F3N3O5S2/c1-11(14-10-35-20(19(14)32)12-2-4-13(5-3-12)23(24,25)26)27-28-21(33)17-6-7-18(36-17)22(34)29-8-15(30)16(31)9-29/h2-7,10,15-16,30-32H,8-9H2,1H3,(H,28,33)/b27-11+. The van der Waals surface area contributed by atoms with Crippen molar-refractivity contribution < 1.29 is 38.1 Å². The Bertz CT molecular complexity index is 1310. The van der Waals surface area contributed by atoms with Crippen molar-refractivity contribution >= 4 is 40.2 Å². The second-order valence-electron chi connectivity index (χ2n) is 8.05. The van der Waals surface area contributed by atoms with Gasteiger partial charge in [0.15, 0.2) is 0 Å². The number of benzene rings is 1.